The number of carbonyl (C=O) groups is 2. The molecule has 1 aromatic carbocycles. The number of hydrogen-bond acceptors (Lipinski definition) is 4. The average Bonchev–Trinajstić information content (AvgIpc) is 2.63. The number of ether oxygens (including phenoxy) is 1. The molecule has 2 rings (SSSR count). The van der Waals surface area contributed by atoms with E-state index in [1.54, 1.807) is 23.6 Å². The quantitative estimate of drug-likeness (QED) is 0.682. The van der Waals surface area contributed by atoms with Crippen LogP contribution in [-0.2, 0) is 20.7 Å². The highest BCUT2D eigenvalue weighted by Gasteiger charge is 2.31. The highest BCUT2D eigenvalue weighted by atomic mass is 32.2. The van der Waals surface area contributed by atoms with Crippen LogP contribution in [0.25, 0.3) is 0 Å². The number of carboxylic acid groups (broad SMARTS) is 1. The Labute approximate surface area is 153 Å². The SMILES string of the molecule is CCOCCCN(CC(C)C(=O)O)C(=O)C1SCCc2ccccc21. The predicted octanol–water partition coefficient (Wildman–Crippen LogP) is 2.99. The number of aryl methyl sites for hydroxylation is 1. The molecule has 1 aromatic rings. The molecule has 1 N–H and O–H groups in total. The van der Waals surface area contributed by atoms with Crippen LogP contribution < -0.4 is 0 Å². The van der Waals surface area contributed by atoms with Crippen molar-refractivity contribution >= 4 is 23.6 Å². The van der Waals surface area contributed by atoms with Crippen LogP contribution in [0.4, 0.5) is 0 Å². The lowest BCUT2D eigenvalue weighted by molar-refractivity contribution is -0.143. The van der Waals surface area contributed by atoms with Gasteiger partial charge in [0.25, 0.3) is 0 Å². The Morgan fingerprint density at radius 1 is 1.40 bits per heavy atom. The third kappa shape index (κ3) is 5.47. The molecule has 2 unspecified atom stereocenters. The second-order valence-corrected chi connectivity index (χ2v) is 7.49. The molecule has 0 aromatic heterocycles. The average molecular weight is 365 g/mol. The van der Waals surface area contributed by atoms with Crippen molar-refractivity contribution in [2.75, 3.05) is 32.1 Å². The first-order chi connectivity index (χ1) is 12.0. The van der Waals surface area contributed by atoms with E-state index in [0.29, 0.717) is 26.2 Å². The predicted molar refractivity (Wildman–Crippen MR) is 99.8 cm³/mol. The Hall–Kier alpha value is -1.53. The van der Waals surface area contributed by atoms with Gasteiger partial charge in [-0.1, -0.05) is 31.2 Å². The van der Waals surface area contributed by atoms with Crippen molar-refractivity contribution in [3.63, 3.8) is 0 Å². The minimum absolute atomic E-state index is 0.0155. The lowest BCUT2D eigenvalue weighted by Gasteiger charge is -2.31. The van der Waals surface area contributed by atoms with Gasteiger partial charge >= 0.3 is 5.97 Å². The van der Waals surface area contributed by atoms with Crippen molar-refractivity contribution < 1.29 is 19.4 Å². The molecule has 25 heavy (non-hydrogen) atoms. The van der Waals surface area contributed by atoms with E-state index in [0.717, 1.165) is 17.7 Å². The van der Waals surface area contributed by atoms with Crippen LogP contribution in [0.1, 0.15) is 36.6 Å². The highest BCUT2D eigenvalue weighted by Crippen LogP contribution is 2.38. The Kier molecular flexibility index (Phi) is 7.78. The summed E-state index contributed by atoms with van der Waals surface area (Å²) < 4.78 is 5.36. The largest absolute Gasteiger partial charge is 0.481 e. The van der Waals surface area contributed by atoms with Gasteiger partial charge in [0.05, 0.1) is 5.92 Å². The lowest BCUT2D eigenvalue weighted by atomic mass is 10.0. The topological polar surface area (TPSA) is 66.8 Å². The van der Waals surface area contributed by atoms with Gasteiger partial charge in [-0.25, -0.2) is 0 Å². The van der Waals surface area contributed by atoms with Gasteiger partial charge in [0.15, 0.2) is 0 Å². The van der Waals surface area contributed by atoms with E-state index >= 15 is 0 Å². The number of thioether (sulfide) groups is 1. The van der Waals surface area contributed by atoms with Crippen LogP contribution >= 0.6 is 11.8 Å². The summed E-state index contributed by atoms with van der Waals surface area (Å²) in [5, 5.41) is 8.98. The third-order valence-electron chi connectivity index (χ3n) is 4.37. The Morgan fingerprint density at radius 2 is 2.16 bits per heavy atom. The van der Waals surface area contributed by atoms with Crippen molar-refractivity contribution in [1.29, 1.82) is 0 Å². The summed E-state index contributed by atoms with van der Waals surface area (Å²) in [5.74, 6) is -0.532. The van der Waals surface area contributed by atoms with Crippen LogP contribution in [0.3, 0.4) is 0 Å². The maximum atomic E-state index is 13.2. The van der Waals surface area contributed by atoms with Gasteiger partial charge in [0.2, 0.25) is 5.91 Å². The van der Waals surface area contributed by atoms with Gasteiger partial charge in [0.1, 0.15) is 5.25 Å². The summed E-state index contributed by atoms with van der Waals surface area (Å²) in [4.78, 5) is 26.1. The first-order valence-corrected chi connectivity index (χ1v) is 9.88. The maximum Gasteiger partial charge on any atom is 0.308 e. The van der Waals surface area contributed by atoms with Gasteiger partial charge in [-0.05, 0) is 36.6 Å². The number of benzene rings is 1. The summed E-state index contributed by atoms with van der Waals surface area (Å²) in [5.41, 5.74) is 2.29. The van der Waals surface area contributed by atoms with E-state index in [1.807, 2.05) is 25.1 Å². The van der Waals surface area contributed by atoms with E-state index in [2.05, 4.69) is 6.07 Å². The zero-order chi connectivity index (χ0) is 18.2. The van der Waals surface area contributed by atoms with Crippen molar-refractivity contribution in [3.8, 4) is 0 Å². The molecule has 0 bridgehead atoms. The minimum atomic E-state index is -0.876. The van der Waals surface area contributed by atoms with Crippen molar-refractivity contribution in [2.24, 2.45) is 5.92 Å². The Balaban J connectivity index is 2.12. The second-order valence-electron chi connectivity index (χ2n) is 6.27. The molecule has 6 heteroatoms. The fourth-order valence-electron chi connectivity index (χ4n) is 2.97. The molecule has 1 aliphatic rings. The number of carboxylic acids is 1. The van der Waals surface area contributed by atoms with Crippen molar-refractivity contribution in [2.45, 2.75) is 31.9 Å². The molecular weight excluding hydrogens is 338 g/mol. The van der Waals surface area contributed by atoms with Crippen LogP contribution in [0.15, 0.2) is 24.3 Å². The number of hydrogen-bond donors (Lipinski definition) is 1. The van der Waals surface area contributed by atoms with Gasteiger partial charge in [-0.15, -0.1) is 11.8 Å². The molecule has 0 fully saturated rings. The van der Waals surface area contributed by atoms with Gasteiger partial charge in [0, 0.05) is 26.3 Å². The minimum Gasteiger partial charge on any atom is -0.481 e. The standard InChI is InChI=1S/C19H27NO4S/c1-3-24-11-6-10-20(13-14(2)19(22)23)18(21)17-16-8-5-4-7-15(16)9-12-25-17/h4-5,7-8,14,17H,3,6,9-13H2,1-2H3,(H,22,23). The van der Waals surface area contributed by atoms with E-state index in [1.165, 1.54) is 5.56 Å². The number of amides is 1. The van der Waals surface area contributed by atoms with Gasteiger partial charge in [-0.3, -0.25) is 9.59 Å². The molecule has 0 aliphatic carbocycles. The third-order valence-corrected chi connectivity index (χ3v) is 5.59. The summed E-state index contributed by atoms with van der Waals surface area (Å²) >= 11 is 1.65. The first-order valence-electron chi connectivity index (χ1n) is 8.83. The van der Waals surface area contributed by atoms with Crippen molar-refractivity contribution in [1.82, 2.24) is 4.90 Å². The molecule has 2 atom stereocenters. The fourth-order valence-corrected chi connectivity index (χ4v) is 4.24. The Bertz CT molecular complexity index is 593. The van der Waals surface area contributed by atoms with Crippen LogP contribution in [0.5, 0.6) is 0 Å². The van der Waals surface area contributed by atoms with Crippen LogP contribution in [0, 0.1) is 5.92 Å². The van der Waals surface area contributed by atoms with E-state index in [4.69, 9.17) is 4.74 Å². The van der Waals surface area contributed by atoms with Crippen LogP contribution in [-0.4, -0.2) is 53.9 Å². The molecule has 0 saturated heterocycles. The molecule has 0 radical (unpaired) electrons. The molecule has 1 amide bonds. The molecule has 1 aliphatic heterocycles. The molecular formula is C19H27NO4S. The second kappa shape index (κ2) is 9.82. The van der Waals surface area contributed by atoms with Gasteiger partial charge < -0.3 is 14.7 Å². The van der Waals surface area contributed by atoms with E-state index in [9.17, 15) is 14.7 Å². The van der Waals surface area contributed by atoms with E-state index < -0.39 is 11.9 Å². The smallest absolute Gasteiger partial charge is 0.308 e. The molecule has 0 spiro atoms. The zero-order valence-corrected chi connectivity index (χ0v) is 15.8. The lowest BCUT2D eigenvalue weighted by Crippen LogP contribution is -2.40. The number of carbonyl (C=O) groups excluding carboxylic acids is 1. The number of fused-ring (bicyclic) bond motifs is 1. The van der Waals surface area contributed by atoms with E-state index in [-0.39, 0.29) is 17.7 Å². The number of nitrogens with zero attached hydrogens (tertiary/aromatic N) is 1. The Morgan fingerprint density at radius 3 is 2.88 bits per heavy atom. The molecule has 138 valence electrons. The summed E-state index contributed by atoms with van der Waals surface area (Å²) in [6.45, 7) is 5.56. The maximum absolute atomic E-state index is 13.2. The summed E-state index contributed by atoms with van der Waals surface area (Å²) in [6, 6.07) is 8.06. The first kappa shape index (κ1) is 19.8. The summed E-state index contributed by atoms with van der Waals surface area (Å²) in [6.07, 6.45) is 1.69. The fraction of sp³-hybridized carbons (Fsp3) is 0.579. The normalized spacial score (nSPS) is 17.6. The number of rotatable bonds is 9. The van der Waals surface area contributed by atoms with Crippen LogP contribution in [0.2, 0.25) is 0 Å². The molecule has 1 heterocycles. The van der Waals surface area contributed by atoms with Crippen molar-refractivity contribution in [3.05, 3.63) is 35.4 Å². The van der Waals surface area contributed by atoms with Gasteiger partial charge in [-0.2, -0.15) is 0 Å². The summed E-state index contributed by atoms with van der Waals surface area (Å²) in [7, 11) is 0. The molecule has 5 nitrogen and oxygen atoms in total. The monoisotopic (exact) mass is 365 g/mol. The molecule has 0 saturated carbocycles. The zero-order valence-electron chi connectivity index (χ0n) is 14.9. The number of aliphatic carboxylic acids is 1. The highest BCUT2D eigenvalue weighted by molar-refractivity contribution is 8.00.